The average Bonchev–Trinajstić information content (AvgIpc) is 0.864. The summed E-state index contributed by atoms with van der Waals surface area (Å²) in [6.45, 7) is 22.1. The maximum Gasteiger partial charge on any atom is 0.344 e. The third-order valence-electron chi connectivity index (χ3n) is 17.0. The van der Waals surface area contributed by atoms with E-state index in [-0.39, 0.29) is 28.9 Å². The van der Waals surface area contributed by atoms with Crippen LogP contribution in [-0.4, -0.2) is 36.4 Å². The number of hydrogen-bond donors (Lipinski definition) is 1. The van der Waals surface area contributed by atoms with Gasteiger partial charge in [0.25, 0.3) is 0 Å². The van der Waals surface area contributed by atoms with Crippen molar-refractivity contribution in [1.29, 1.82) is 0 Å². The van der Waals surface area contributed by atoms with Crippen molar-refractivity contribution < 1.29 is 41.8 Å². The van der Waals surface area contributed by atoms with Crippen LogP contribution in [0.5, 0.6) is 23.0 Å². The third kappa shape index (κ3) is 24.4. The molecule has 0 spiro atoms. The summed E-state index contributed by atoms with van der Waals surface area (Å²) in [6.07, 6.45) is 5.05. The minimum absolute atomic E-state index is 0.0146. The van der Waals surface area contributed by atoms with Crippen LogP contribution in [0.3, 0.4) is 0 Å². The monoisotopic (exact) mass is 1350 g/mol. The third-order valence-corrected chi connectivity index (χ3v) is 20.1. The van der Waals surface area contributed by atoms with E-state index in [1.807, 2.05) is 68.4 Å². The number of phenolic OH excluding ortho intramolecular Hbond substituents is 1. The fourth-order valence-corrected chi connectivity index (χ4v) is 13.2. The lowest BCUT2D eigenvalue weighted by Crippen LogP contribution is -2.26. The molecule has 11 heteroatoms. The summed E-state index contributed by atoms with van der Waals surface area (Å²) in [4.78, 5) is 15.6. The first kappa shape index (κ1) is 76.1. The number of carbonyl (C=O) groups is 1. The summed E-state index contributed by atoms with van der Waals surface area (Å²) in [6, 6.07) is 93.8. The Morgan fingerprint density at radius 3 is 1.28 bits per heavy atom. The summed E-state index contributed by atoms with van der Waals surface area (Å²) in [5.41, 5.74) is 7.32. The van der Waals surface area contributed by atoms with Crippen LogP contribution in [0.4, 0.5) is 0 Å². The molecule has 11 aromatic carbocycles. The molecule has 5 atom stereocenters. The highest BCUT2D eigenvalue weighted by molar-refractivity contribution is 7.97. The number of esters is 1. The predicted molar refractivity (Wildman–Crippen MR) is 402 cm³/mol. The standard InChI is InChI=1S/C21H28O2.C21H22O.C18H15S.C17H18O5S.C10H14O/c1-5-17(4)19-11-13-20(14-12-19)23-21(22-16(2)3)15-18-9-7-6-8-10-18;1-3-16(2)17-11-13-20(14-12-17)22-15-19-9-6-8-18-7-4-5-10-21(18)19;1-4-10-16(11-5-1)19(17-12-6-2-7-13-17)18-14-8-3-9-15-18;1-3-12(2)13-8-10-14(11-9-13)22-17(18)15-6-4-5-7-16(15)23(19,20)21;1-3-8(2)9-4-6-10(11)7-5-9/h6-14,16-17,21H,5,15H2,1-4H3;4-14,16H,3,15H2,1-2H3;1-15H;4-12H,3H2,1-2H3,(H,19,20,21);4-8,11H,3H2,1-2H3/q;;+1;;/p-1. The fourth-order valence-electron chi connectivity index (χ4n) is 10.4. The molecule has 0 bridgehead atoms. The summed E-state index contributed by atoms with van der Waals surface area (Å²) >= 11 is 0. The van der Waals surface area contributed by atoms with Crippen molar-refractivity contribution in [3.8, 4) is 23.0 Å². The summed E-state index contributed by atoms with van der Waals surface area (Å²) in [7, 11) is -4.76. The lowest BCUT2D eigenvalue weighted by molar-refractivity contribution is -0.106. The van der Waals surface area contributed by atoms with Crippen molar-refractivity contribution in [1.82, 2.24) is 0 Å². The molecule has 510 valence electrons. The molecule has 0 aliphatic rings. The van der Waals surface area contributed by atoms with Gasteiger partial charge >= 0.3 is 5.97 Å². The normalized spacial score (nSPS) is 12.5. The maximum absolute atomic E-state index is 12.1. The van der Waals surface area contributed by atoms with Gasteiger partial charge in [-0.3, -0.25) is 0 Å². The van der Waals surface area contributed by atoms with Gasteiger partial charge in [-0.05, 0) is 204 Å². The van der Waals surface area contributed by atoms with Gasteiger partial charge in [0.1, 0.15) is 39.7 Å². The quantitative estimate of drug-likeness (QED) is 0.0219. The van der Waals surface area contributed by atoms with Gasteiger partial charge in [-0.1, -0.05) is 243 Å². The Morgan fingerprint density at radius 2 is 0.827 bits per heavy atom. The van der Waals surface area contributed by atoms with E-state index in [1.54, 1.807) is 24.3 Å². The van der Waals surface area contributed by atoms with Gasteiger partial charge < -0.3 is 28.6 Å². The molecule has 0 heterocycles. The Morgan fingerprint density at radius 1 is 0.439 bits per heavy atom. The van der Waals surface area contributed by atoms with Crippen molar-refractivity contribution in [3.63, 3.8) is 0 Å². The van der Waals surface area contributed by atoms with E-state index in [1.165, 1.54) is 71.5 Å². The van der Waals surface area contributed by atoms with Gasteiger partial charge in [0, 0.05) is 6.42 Å². The topological polar surface area (TPSA) is 131 Å². The second kappa shape index (κ2) is 39.9. The Kier molecular flexibility index (Phi) is 31.0. The van der Waals surface area contributed by atoms with E-state index >= 15 is 0 Å². The molecule has 0 saturated carbocycles. The van der Waals surface area contributed by atoms with Crippen molar-refractivity contribution in [2.45, 2.75) is 164 Å². The second-order valence-electron chi connectivity index (χ2n) is 24.5. The first-order chi connectivity index (χ1) is 47.4. The minimum Gasteiger partial charge on any atom is -0.744 e. The maximum atomic E-state index is 12.1. The number of benzene rings is 11. The smallest absolute Gasteiger partial charge is 0.344 e. The summed E-state index contributed by atoms with van der Waals surface area (Å²) in [5.74, 6) is 3.72. The highest BCUT2D eigenvalue weighted by Gasteiger charge is 2.28. The fraction of sp³-hybridized carbons (Fsp3) is 0.253. The number of ether oxygens (including phenoxy) is 4. The molecule has 9 nitrogen and oxygen atoms in total. The summed E-state index contributed by atoms with van der Waals surface area (Å²) in [5, 5.41) is 11.5. The van der Waals surface area contributed by atoms with Crippen LogP contribution in [0.15, 0.2) is 305 Å². The molecule has 1 N–H and O–H groups in total. The average molecular weight is 1350 g/mol. The van der Waals surface area contributed by atoms with Crippen molar-refractivity contribution in [2.75, 3.05) is 0 Å². The van der Waals surface area contributed by atoms with Crippen LogP contribution >= 0.6 is 0 Å². The molecule has 0 aliphatic carbocycles. The zero-order valence-corrected chi connectivity index (χ0v) is 60.0. The van der Waals surface area contributed by atoms with E-state index in [4.69, 9.17) is 24.1 Å². The van der Waals surface area contributed by atoms with Gasteiger partial charge in [-0.25, -0.2) is 13.2 Å². The molecule has 5 unspecified atom stereocenters. The largest absolute Gasteiger partial charge is 0.744 e. The van der Waals surface area contributed by atoms with Crippen LogP contribution in [0.2, 0.25) is 0 Å². The predicted octanol–water partition coefficient (Wildman–Crippen LogP) is 22.5. The molecular weight excluding hydrogens is 1250 g/mol. The van der Waals surface area contributed by atoms with E-state index in [0.29, 0.717) is 41.8 Å². The first-order valence-electron chi connectivity index (χ1n) is 34.1. The molecule has 11 aromatic rings. The molecule has 0 aliphatic heterocycles. The van der Waals surface area contributed by atoms with Crippen LogP contribution in [0, 0.1) is 0 Å². The number of rotatable bonds is 23. The Balaban J connectivity index is 0.000000175. The van der Waals surface area contributed by atoms with Crippen molar-refractivity contribution in [3.05, 3.63) is 324 Å². The zero-order valence-electron chi connectivity index (χ0n) is 58.4. The minimum atomic E-state index is -4.74. The van der Waals surface area contributed by atoms with Crippen LogP contribution in [-0.2, 0) is 38.8 Å². The van der Waals surface area contributed by atoms with Crippen LogP contribution in [0.25, 0.3) is 10.8 Å². The van der Waals surface area contributed by atoms with E-state index in [9.17, 15) is 17.8 Å². The molecule has 0 amide bonds. The van der Waals surface area contributed by atoms with E-state index < -0.39 is 21.0 Å². The number of hydrogen-bond acceptors (Lipinski definition) is 9. The molecular formula is C87H96O9S2. The Labute approximate surface area is 586 Å². The Hall–Kier alpha value is -9.23. The van der Waals surface area contributed by atoms with E-state index in [0.717, 1.165) is 55.2 Å². The first-order valence-corrected chi connectivity index (χ1v) is 36.7. The lowest BCUT2D eigenvalue weighted by atomic mass is 9.99. The molecule has 0 saturated heterocycles. The van der Waals surface area contributed by atoms with Crippen molar-refractivity contribution >= 4 is 37.8 Å². The number of fused-ring (bicyclic) bond motifs is 1. The number of carbonyl (C=O) groups excluding carboxylic acids is 1. The van der Waals surface area contributed by atoms with Gasteiger partial charge in [-0.15, -0.1) is 0 Å². The highest BCUT2D eigenvalue weighted by atomic mass is 32.2. The second-order valence-corrected chi connectivity index (χ2v) is 27.8. The van der Waals surface area contributed by atoms with Crippen LogP contribution < -0.4 is 14.2 Å². The van der Waals surface area contributed by atoms with E-state index in [2.05, 4.69) is 237 Å². The molecule has 0 fully saturated rings. The SMILES string of the molecule is CCC(C)c1ccc(O)cc1.CCC(C)c1ccc(OC(=O)c2ccccc2S(=O)(=O)[O-])cc1.CCC(C)c1ccc(OC(Cc2ccccc2)OC(C)C)cc1.CCC(C)c1ccc(OCc2cccc3ccccc23)cc1.c1ccc([S+](c2ccccc2)c2ccccc2)cc1. The van der Waals surface area contributed by atoms with Crippen LogP contribution in [0.1, 0.15) is 162 Å². The molecule has 0 aromatic heterocycles. The zero-order chi connectivity index (χ0) is 70.2. The van der Waals surface area contributed by atoms with Gasteiger partial charge in [-0.2, -0.15) is 0 Å². The lowest BCUT2D eigenvalue weighted by Gasteiger charge is -2.22. The number of aromatic hydroxyl groups is 1. The summed E-state index contributed by atoms with van der Waals surface area (Å²) < 4.78 is 56.7. The molecule has 11 rings (SSSR count). The van der Waals surface area contributed by atoms with Gasteiger partial charge in [0.15, 0.2) is 14.7 Å². The molecule has 0 radical (unpaired) electrons. The van der Waals surface area contributed by atoms with Gasteiger partial charge in [0.05, 0.1) is 27.5 Å². The Bertz CT molecular complexity index is 4070. The van der Waals surface area contributed by atoms with Gasteiger partial charge in [0.2, 0.25) is 6.29 Å². The number of phenols is 1. The molecule has 98 heavy (non-hydrogen) atoms. The van der Waals surface area contributed by atoms with Crippen molar-refractivity contribution in [2.24, 2.45) is 0 Å². The highest BCUT2D eigenvalue weighted by Crippen LogP contribution is 2.32.